The second-order valence-electron chi connectivity index (χ2n) is 10.1. The molecule has 35 heavy (non-hydrogen) atoms. The largest absolute Gasteiger partial charge is 0.481 e. The van der Waals surface area contributed by atoms with E-state index in [1.165, 1.54) is 0 Å². The van der Waals surface area contributed by atoms with Crippen LogP contribution >= 0.6 is 0 Å². The van der Waals surface area contributed by atoms with Gasteiger partial charge in [-0.3, -0.25) is 9.59 Å². The summed E-state index contributed by atoms with van der Waals surface area (Å²) in [5, 5.41) is 12.5. The summed E-state index contributed by atoms with van der Waals surface area (Å²) in [6.45, 7) is 2.62. The number of carboxylic acid groups (broad SMARTS) is 1. The van der Waals surface area contributed by atoms with Crippen LogP contribution in [0.3, 0.4) is 0 Å². The monoisotopic (exact) mass is 476 g/mol. The van der Waals surface area contributed by atoms with Gasteiger partial charge in [-0.1, -0.05) is 61.9 Å². The third-order valence-corrected chi connectivity index (χ3v) is 8.30. The molecule has 2 unspecified atom stereocenters. The first-order valence-electron chi connectivity index (χ1n) is 12.6. The summed E-state index contributed by atoms with van der Waals surface area (Å²) in [4.78, 5) is 39.7. The number of nitrogens with one attached hydrogen (secondary N) is 1. The van der Waals surface area contributed by atoms with Crippen molar-refractivity contribution in [3.8, 4) is 11.1 Å². The summed E-state index contributed by atoms with van der Waals surface area (Å²) in [5.74, 6) is -1.05. The fourth-order valence-corrected chi connectivity index (χ4v) is 5.79. The van der Waals surface area contributed by atoms with Gasteiger partial charge in [0.2, 0.25) is 5.91 Å². The van der Waals surface area contributed by atoms with Gasteiger partial charge >= 0.3 is 12.1 Å². The van der Waals surface area contributed by atoms with Crippen LogP contribution in [0.1, 0.15) is 56.1 Å². The highest BCUT2D eigenvalue weighted by Crippen LogP contribution is 2.44. The number of nitrogens with zero attached hydrogens (tertiary/aromatic N) is 1. The predicted molar refractivity (Wildman–Crippen MR) is 131 cm³/mol. The Labute approximate surface area is 205 Å². The predicted octanol–water partition coefficient (Wildman–Crippen LogP) is 4.41. The molecule has 2 atom stereocenters. The van der Waals surface area contributed by atoms with E-state index in [9.17, 15) is 19.5 Å². The number of carbonyl (C=O) groups is 3. The molecule has 1 aliphatic heterocycles. The molecule has 0 radical (unpaired) electrons. The summed E-state index contributed by atoms with van der Waals surface area (Å²) < 4.78 is 5.69. The molecule has 7 heteroatoms. The molecule has 2 aliphatic carbocycles. The zero-order chi connectivity index (χ0) is 24.6. The van der Waals surface area contributed by atoms with Crippen molar-refractivity contribution < 1.29 is 24.2 Å². The van der Waals surface area contributed by atoms with Gasteiger partial charge in [-0.15, -0.1) is 0 Å². The number of ether oxygens (including phenoxy) is 1. The number of likely N-dealkylation sites (tertiary alicyclic amines) is 1. The van der Waals surface area contributed by atoms with Gasteiger partial charge in [-0.2, -0.15) is 0 Å². The van der Waals surface area contributed by atoms with Gasteiger partial charge in [0.05, 0.1) is 5.41 Å². The Morgan fingerprint density at radius 2 is 1.71 bits per heavy atom. The summed E-state index contributed by atoms with van der Waals surface area (Å²) in [6, 6.07) is 15.6. The third kappa shape index (κ3) is 4.17. The minimum absolute atomic E-state index is 0.0506. The average Bonchev–Trinajstić information content (AvgIpc) is 3.42. The first-order valence-corrected chi connectivity index (χ1v) is 12.6. The third-order valence-electron chi connectivity index (χ3n) is 8.30. The van der Waals surface area contributed by atoms with Crippen molar-refractivity contribution in [3.63, 3.8) is 0 Å². The Kier molecular flexibility index (Phi) is 6.26. The molecule has 2 amide bonds. The van der Waals surface area contributed by atoms with Gasteiger partial charge in [0.15, 0.2) is 0 Å². The summed E-state index contributed by atoms with van der Waals surface area (Å²) >= 11 is 0. The minimum atomic E-state index is -0.899. The fourth-order valence-electron chi connectivity index (χ4n) is 5.79. The number of carboxylic acids is 1. The maximum atomic E-state index is 13.4. The Morgan fingerprint density at radius 3 is 2.23 bits per heavy atom. The zero-order valence-corrected chi connectivity index (χ0v) is 20.0. The topological polar surface area (TPSA) is 95.9 Å². The Balaban J connectivity index is 1.26. The van der Waals surface area contributed by atoms with Crippen LogP contribution in [0.2, 0.25) is 0 Å². The highest BCUT2D eigenvalue weighted by atomic mass is 16.5. The molecular weight excluding hydrogens is 444 g/mol. The Morgan fingerprint density at radius 1 is 1.09 bits per heavy atom. The Bertz CT molecular complexity index is 1100. The van der Waals surface area contributed by atoms with Crippen LogP contribution in [0.5, 0.6) is 0 Å². The molecule has 1 saturated carbocycles. The SMILES string of the molecule is CCC1(C(=O)O)CCN(C(=O)C(NC(=O)OCC2c3ccccc3-c3ccccc32)C2CCC2)C1. The lowest BCUT2D eigenvalue weighted by Crippen LogP contribution is -2.54. The quantitative estimate of drug-likeness (QED) is 0.617. The number of amides is 2. The molecule has 5 rings (SSSR count). The van der Waals surface area contributed by atoms with Gasteiger partial charge in [-0.25, -0.2) is 4.79 Å². The number of alkyl carbamates (subject to hydrolysis) is 1. The van der Waals surface area contributed by atoms with Crippen LogP contribution < -0.4 is 5.32 Å². The number of rotatable bonds is 7. The lowest BCUT2D eigenvalue weighted by atomic mass is 9.79. The molecule has 7 nitrogen and oxygen atoms in total. The molecule has 2 aromatic rings. The van der Waals surface area contributed by atoms with Crippen molar-refractivity contribution in [2.24, 2.45) is 11.3 Å². The zero-order valence-electron chi connectivity index (χ0n) is 20.0. The van der Waals surface area contributed by atoms with Crippen molar-refractivity contribution in [2.75, 3.05) is 19.7 Å². The van der Waals surface area contributed by atoms with E-state index in [0.29, 0.717) is 19.4 Å². The average molecular weight is 477 g/mol. The molecule has 2 fully saturated rings. The smallest absolute Gasteiger partial charge is 0.407 e. The molecule has 0 aromatic heterocycles. The second kappa shape index (κ2) is 9.36. The van der Waals surface area contributed by atoms with E-state index >= 15 is 0 Å². The van der Waals surface area contributed by atoms with E-state index in [2.05, 4.69) is 29.6 Å². The van der Waals surface area contributed by atoms with E-state index < -0.39 is 23.5 Å². The minimum Gasteiger partial charge on any atom is -0.481 e. The first-order chi connectivity index (χ1) is 16.9. The van der Waals surface area contributed by atoms with Gasteiger partial charge < -0.3 is 20.1 Å². The van der Waals surface area contributed by atoms with Gasteiger partial charge in [0.25, 0.3) is 0 Å². The van der Waals surface area contributed by atoms with Gasteiger partial charge in [-0.05, 0) is 53.9 Å². The van der Waals surface area contributed by atoms with E-state index in [1.54, 1.807) is 4.90 Å². The molecule has 2 N–H and O–H groups in total. The fraction of sp³-hybridized carbons (Fsp3) is 0.464. The van der Waals surface area contributed by atoms with Crippen molar-refractivity contribution in [1.29, 1.82) is 0 Å². The number of fused-ring (bicyclic) bond motifs is 3. The number of carbonyl (C=O) groups excluding carboxylic acids is 2. The summed E-state index contributed by atoms with van der Waals surface area (Å²) in [7, 11) is 0. The molecule has 184 valence electrons. The summed E-state index contributed by atoms with van der Waals surface area (Å²) in [6.07, 6.45) is 3.07. The lowest BCUT2D eigenvalue weighted by molar-refractivity contribution is -0.149. The number of hydrogen-bond acceptors (Lipinski definition) is 4. The van der Waals surface area contributed by atoms with E-state index in [-0.39, 0.29) is 30.9 Å². The van der Waals surface area contributed by atoms with E-state index in [4.69, 9.17) is 4.74 Å². The normalized spacial score (nSPS) is 22.1. The molecule has 2 aromatic carbocycles. The maximum Gasteiger partial charge on any atom is 0.407 e. The standard InChI is InChI=1S/C28H32N2O5/c1-2-28(26(32)33)14-15-30(17-28)25(31)24(18-8-7-9-18)29-27(34)35-16-23-21-12-5-3-10-19(21)20-11-4-6-13-22(20)23/h3-6,10-13,18,23-24H,2,7-9,14-17H2,1H3,(H,29,34)(H,32,33). The molecule has 0 spiro atoms. The van der Waals surface area contributed by atoms with Crippen molar-refractivity contribution in [2.45, 2.75) is 51.0 Å². The Hall–Kier alpha value is -3.35. The molecule has 1 saturated heterocycles. The van der Waals surface area contributed by atoms with Crippen LogP contribution in [0, 0.1) is 11.3 Å². The second-order valence-corrected chi connectivity index (χ2v) is 10.1. The van der Waals surface area contributed by atoms with Crippen molar-refractivity contribution >= 4 is 18.0 Å². The van der Waals surface area contributed by atoms with Gasteiger partial charge in [0, 0.05) is 19.0 Å². The van der Waals surface area contributed by atoms with Gasteiger partial charge in [0.1, 0.15) is 12.6 Å². The number of benzene rings is 2. The highest BCUT2D eigenvalue weighted by molar-refractivity contribution is 5.88. The molecule has 3 aliphatic rings. The molecular formula is C28H32N2O5. The lowest BCUT2D eigenvalue weighted by Gasteiger charge is -2.35. The van der Waals surface area contributed by atoms with E-state index in [0.717, 1.165) is 41.5 Å². The van der Waals surface area contributed by atoms with Crippen molar-refractivity contribution in [3.05, 3.63) is 59.7 Å². The highest BCUT2D eigenvalue weighted by Gasteiger charge is 2.47. The van der Waals surface area contributed by atoms with Crippen LogP contribution in [0.4, 0.5) is 4.79 Å². The van der Waals surface area contributed by atoms with Crippen LogP contribution in [0.15, 0.2) is 48.5 Å². The van der Waals surface area contributed by atoms with Crippen molar-refractivity contribution in [1.82, 2.24) is 10.2 Å². The molecule has 0 bridgehead atoms. The molecule has 1 heterocycles. The summed E-state index contributed by atoms with van der Waals surface area (Å²) in [5.41, 5.74) is 3.69. The number of hydrogen-bond donors (Lipinski definition) is 2. The van der Waals surface area contributed by atoms with Crippen LogP contribution in [-0.4, -0.2) is 53.7 Å². The number of aliphatic carboxylic acids is 1. The van der Waals surface area contributed by atoms with Crippen LogP contribution in [0.25, 0.3) is 11.1 Å². The first kappa shape index (κ1) is 23.4. The van der Waals surface area contributed by atoms with E-state index in [1.807, 2.05) is 31.2 Å². The maximum absolute atomic E-state index is 13.4. The van der Waals surface area contributed by atoms with Crippen LogP contribution in [-0.2, 0) is 14.3 Å².